The van der Waals surface area contributed by atoms with E-state index in [1.165, 1.54) is 84.4 Å². The number of carbonyl (C=O) groups is 2. The van der Waals surface area contributed by atoms with Crippen LogP contribution in [0.2, 0.25) is 0 Å². The van der Waals surface area contributed by atoms with Crippen LogP contribution in [0.1, 0.15) is 135 Å². The minimum atomic E-state index is 0.285. The standard InChI is InChI=1S/2C32H33NO/c2*1-2-23(21-32(34)28-18-16-26(17-19-28)24-8-4-3-5-9-24)25-12-14-27(15-13-25)30-20-29-10-6-7-11-31(29)33-22-30/h2*3-11,16-20,22-23,25,27H,2,12-15,21H2,1H3. The van der Waals surface area contributed by atoms with Crippen molar-refractivity contribution in [2.24, 2.45) is 23.7 Å². The fourth-order valence-electron chi connectivity index (χ4n) is 11.4. The minimum absolute atomic E-state index is 0.285. The van der Waals surface area contributed by atoms with Crippen LogP contribution in [0.3, 0.4) is 0 Å². The Morgan fingerprint density at radius 1 is 0.426 bits per heavy atom. The first-order chi connectivity index (χ1) is 33.4. The Balaban J connectivity index is 0.000000170. The molecule has 4 nitrogen and oxygen atoms in total. The highest BCUT2D eigenvalue weighted by Crippen LogP contribution is 2.43. The van der Waals surface area contributed by atoms with Gasteiger partial charge in [0.05, 0.1) is 11.0 Å². The smallest absolute Gasteiger partial charge is 0.163 e. The van der Waals surface area contributed by atoms with Crippen LogP contribution in [0.15, 0.2) is 182 Å². The van der Waals surface area contributed by atoms with Gasteiger partial charge < -0.3 is 0 Å². The summed E-state index contributed by atoms with van der Waals surface area (Å²) in [6.07, 6.45) is 17.2. The highest BCUT2D eigenvalue weighted by molar-refractivity contribution is 5.97. The molecule has 68 heavy (non-hydrogen) atoms. The molecule has 0 saturated heterocycles. The molecule has 0 amide bonds. The van der Waals surface area contributed by atoms with E-state index in [1.807, 2.05) is 72.8 Å². The van der Waals surface area contributed by atoms with Crippen LogP contribution >= 0.6 is 0 Å². The molecule has 8 aromatic rings. The van der Waals surface area contributed by atoms with Gasteiger partial charge in [-0.1, -0.05) is 172 Å². The van der Waals surface area contributed by atoms with Crippen LogP contribution in [-0.4, -0.2) is 21.5 Å². The number of fused-ring (bicyclic) bond motifs is 2. The lowest BCUT2D eigenvalue weighted by Crippen LogP contribution is -2.23. The topological polar surface area (TPSA) is 59.9 Å². The van der Waals surface area contributed by atoms with Crippen molar-refractivity contribution in [2.45, 2.75) is 103 Å². The molecule has 0 radical (unpaired) electrons. The fraction of sp³-hybridized carbons (Fsp3) is 0.312. The van der Waals surface area contributed by atoms with E-state index in [0.29, 0.717) is 48.3 Å². The third-order valence-electron chi connectivity index (χ3n) is 15.6. The van der Waals surface area contributed by atoms with Gasteiger partial charge in [-0.25, -0.2) is 0 Å². The van der Waals surface area contributed by atoms with E-state index in [2.05, 4.69) is 133 Å². The number of carbonyl (C=O) groups excluding carboxylic acids is 2. The van der Waals surface area contributed by atoms with E-state index in [0.717, 1.165) is 46.1 Å². The number of para-hydroxylation sites is 2. The van der Waals surface area contributed by atoms with E-state index >= 15 is 0 Å². The molecule has 2 saturated carbocycles. The molecule has 0 aliphatic heterocycles. The lowest BCUT2D eigenvalue weighted by molar-refractivity contribution is 0.0918. The van der Waals surface area contributed by atoms with E-state index in [-0.39, 0.29) is 11.6 Å². The maximum absolute atomic E-state index is 13.1. The Hall–Kier alpha value is -6.52. The first kappa shape index (κ1) is 46.6. The number of hydrogen-bond acceptors (Lipinski definition) is 4. The Morgan fingerprint density at radius 2 is 0.765 bits per heavy atom. The van der Waals surface area contributed by atoms with Gasteiger partial charge in [0, 0.05) is 47.1 Å². The summed E-state index contributed by atoms with van der Waals surface area (Å²) in [6, 6.07) is 58.4. The van der Waals surface area contributed by atoms with Crippen LogP contribution in [0.25, 0.3) is 44.1 Å². The maximum atomic E-state index is 13.1. The van der Waals surface area contributed by atoms with Crippen molar-refractivity contribution in [1.29, 1.82) is 0 Å². The van der Waals surface area contributed by atoms with E-state index in [1.54, 1.807) is 0 Å². The molecule has 2 aliphatic carbocycles. The van der Waals surface area contributed by atoms with Crippen molar-refractivity contribution in [3.63, 3.8) is 0 Å². The zero-order valence-corrected chi connectivity index (χ0v) is 40.0. The average Bonchev–Trinajstić information content (AvgIpc) is 3.42. The van der Waals surface area contributed by atoms with Crippen molar-refractivity contribution in [2.75, 3.05) is 0 Å². The van der Waals surface area contributed by atoms with Crippen LogP contribution in [0.4, 0.5) is 0 Å². The summed E-state index contributed by atoms with van der Waals surface area (Å²) in [4.78, 5) is 35.6. The van der Waals surface area contributed by atoms with Crippen molar-refractivity contribution in [1.82, 2.24) is 9.97 Å². The van der Waals surface area contributed by atoms with Gasteiger partial charge in [-0.15, -0.1) is 0 Å². The van der Waals surface area contributed by atoms with E-state index in [9.17, 15) is 9.59 Å². The highest BCUT2D eigenvalue weighted by Gasteiger charge is 2.31. The quantitative estimate of drug-likeness (QED) is 0.102. The second-order valence-corrected chi connectivity index (χ2v) is 19.6. The van der Waals surface area contributed by atoms with Gasteiger partial charge in [-0.2, -0.15) is 0 Å². The van der Waals surface area contributed by atoms with Crippen LogP contribution < -0.4 is 0 Å². The molecule has 2 aromatic heterocycles. The molecule has 2 fully saturated rings. The Kier molecular flexibility index (Phi) is 15.4. The first-order valence-corrected chi connectivity index (χ1v) is 25.5. The molecule has 2 aliphatic rings. The predicted molar refractivity (Wildman–Crippen MR) is 282 cm³/mol. The van der Waals surface area contributed by atoms with Gasteiger partial charge in [0.2, 0.25) is 0 Å². The van der Waals surface area contributed by atoms with Crippen molar-refractivity contribution < 1.29 is 9.59 Å². The Bertz CT molecular complexity index is 2670. The second-order valence-electron chi connectivity index (χ2n) is 19.6. The molecule has 0 N–H and O–H groups in total. The molecule has 10 rings (SSSR count). The lowest BCUT2D eigenvalue weighted by atomic mass is 9.71. The molecule has 0 spiro atoms. The fourth-order valence-corrected chi connectivity index (χ4v) is 11.4. The SMILES string of the molecule is CCC(CC(=O)c1ccc(-c2ccccc2)cc1)C1CCC(c2cnc3ccccc3c2)CC1.CCC(CC(=O)c1ccc(-c2ccccc2)cc1)C1CCC(c2cnc3ccccc3c2)CC1. The molecular formula is C64H66N2O2. The van der Waals surface area contributed by atoms with Gasteiger partial charge in [0.15, 0.2) is 11.6 Å². The van der Waals surface area contributed by atoms with Gasteiger partial charge in [-0.05, 0) is 145 Å². The minimum Gasteiger partial charge on any atom is -0.294 e. The number of Topliss-reactive ketones (excluding diaryl/α,β-unsaturated/α-hetero) is 2. The van der Waals surface area contributed by atoms with E-state index < -0.39 is 0 Å². The largest absolute Gasteiger partial charge is 0.294 e. The number of nitrogens with zero attached hydrogens (tertiary/aromatic N) is 2. The summed E-state index contributed by atoms with van der Waals surface area (Å²) in [6.45, 7) is 4.49. The number of ketones is 2. The number of benzene rings is 6. The maximum Gasteiger partial charge on any atom is 0.163 e. The molecule has 2 unspecified atom stereocenters. The van der Waals surface area contributed by atoms with E-state index in [4.69, 9.17) is 0 Å². The van der Waals surface area contributed by atoms with Crippen molar-refractivity contribution in [3.05, 3.63) is 205 Å². The Morgan fingerprint density at radius 3 is 1.13 bits per heavy atom. The van der Waals surface area contributed by atoms with Gasteiger partial charge in [0.1, 0.15) is 0 Å². The summed E-state index contributed by atoms with van der Waals surface area (Å²) in [7, 11) is 0. The molecule has 6 aromatic carbocycles. The zero-order chi connectivity index (χ0) is 46.7. The third-order valence-corrected chi connectivity index (χ3v) is 15.6. The van der Waals surface area contributed by atoms with Gasteiger partial charge >= 0.3 is 0 Å². The monoisotopic (exact) mass is 895 g/mol. The molecule has 4 heteroatoms. The molecule has 344 valence electrons. The van der Waals surface area contributed by atoms with Gasteiger partial charge in [0.25, 0.3) is 0 Å². The lowest BCUT2D eigenvalue weighted by Gasteiger charge is -2.33. The number of pyridine rings is 2. The van der Waals surface area contributed by atoms with Crippen LogP contribution in [-0.2, 0) is 0 Å². The number of hydrogen-bond donors (Lipinski definition) is 0. The summed E-state index contributed by atoms with van der Waals surface area (Å²) in [5.41, 5.74) is 11.3. The predicted octanol–water partition coefficient (Wildman–Crippen LogP) is 16.9. The summed E-state index contributed by atoms with van der Waals surface area (Å²) < 4.78 is 0. The molecule has 2 heterocycles. The highest BCUT2D eigenvalue weighted by atomic mass is 16.1. The molecule has 2 atom stereocenters. The third kappa shape index (κ3) is 11.4. The average molecular weight is 895 g/mol. The van der Waals surface area contributed by atoms with Crippen molar-refractivity contribution in [3.8, 4) is 22.3 Å². The first-order valence-electron chi connectivity index (χ1n) is 25.5. The summed E-state index contributed by atoms with van der Waals surface area (Å²) in [5, 5.41) is 2.47. The molecular weight excluding hydrogens is 829 g/mol. The van der Waals surface area contributed by atoms with Crippen molar-refractivity contribution >= 4 is 33.4 Å². The number of aromatic nitrogens is 2. The Labute approximate surface area is 404 Å². The van der Waals surface area contributed by atoms with Crippen LogP contribution in [0, 0.1) is 23.7 Å². The zero-order valence-electron chi connectivity index (χ0n) is 40.0. The second kappa shape index (κ2) is 22.5. The normalized spacial score (nSPS) is 19.1. The summed E-state index contributed by atoms with van der Waals surface area (Å²) >= 11 is 0. The molecule has 0 bridgehead atoms. The summed E-state index contributed by atoms with van der Waals surface area (Å²) in [5.74, 6) is 3.97. The van der Waals surface area contributed by atoms with Crippen LogP contribution in [0.5, 0.6) is 0 Å². The van der Waals surface area contributed by atoms with Gasteiger partial charge in [-0.3, -0.25) is 19.6 Å². The number of rotatable bonds is 14.